The molecule has 6 heteroatoms. The van der Waals surface area contributed by atoms with Crippen LogP contribution < -0.4 is 10.9 Å². The van der Waals surface area contributed by atoms with E-state index in [4.69, 9.17) is 5.11 Å². The zero-order chi connectivity index (χ0) is 15.5. The minimum absolute atomic E-state index is 0.0117. The number of aliphatic hydroxyl groups is 1. The first kappa shape index (κ1) is 14.9. The number of aromatic amines is 1. The molecular weight excluding hydrogens is 298 g/mol. The summed E-state index contributed by atoms with van der Waals surface area (Å²) in [5, 5.41) is 12.5. The second-order valence-corrected chi connectivity index (χ2v) is 6.10. The van der Waals surface area contributed by atoms with Crippen molar-refractivity contribution >= 4 is 22.6 Å². The molecule has 3 rings (SSSR count). The highest BCUT2D eigenvalue weighted by atomic mass is 32.2. The van der Waals surface area contributed by atoms with E-state index in [2.05, 4.69) is 34.3 Å². The van der Waals surface area contributed by atoms with Crippen LogP contribution in [0.5, 0.6) is 0 Å². The molecular formula is C16H17N3O2S. The number of hydrogen-bond donors (Lipinski definition) is 3. The third-order valence-electron chi connectivity index (χ3n) is 3.45. The van der Waals surface area contributed by atoms with Crippen LogP contribution in [-0.2, 0) is 6.42 Å². The number of aliphatic hydroxyl groups excluding tert-OH is 1. The van der Waals surface area contributed by atoms with E-state index in [-0.39, 0.29) is 12.2 Å². The van der Waals surface area contributed by atoms with E-state index in [0.29, 0.717) is 24.5 Å². The standard InChI is InChI=1S/C16H17N3O2S/c1-10-9-12-14(21)18-16(17-7-8-20)19-15(12)22-13(10)11-5-3-2-4-6-11/h2-6,20H,7-9H2,1H3,(H2,17,18,19,21). The first-order chi connectivity index (χ1) is 10.7. The molecule has 0 atom stereocenters. The van der Waals surface area contributed by atoms with Crippen molar-refractivity contribution < 1.29 is 5.11 Å². The second-order valence-electron chi connectivity index (χ2n) is 5.10. The van der Waals surface area contributed by atoms with Gasteiger partial charge in [0.15, 0.2) is 0 Å². The summed E-state index contributed by atoms with van der Waals surface area (Å²) in [6.07, 6.45) is 0.606. The molecule has 5 nitrogen and oxygen atoms in total. The maximum Gasteiger partial charge on any atom is 0.256 e. The van der Waals surface area contributed by atoms with Crippen LogP contribution in [0.15, 0.2) is 45.7 Å². The number of hydrogen-bond acceptors (Lipinski definition) is 5. The number of benzene rings is 1. The summed E-state index contributed by atoms with van der Waals surface area (Å²) in [7, 11) is 0. The molecule has 2 aromatic rings. The maximum atomic E-state index is 12.2. The Kier molecular flexibility index (Phi) is 4.31. The van der Waals surface area contributed by atoms with Crippen molar-refractivity contribution in [3.63, 3.8) is 0 Å². The van der Waals surface area contributed by atoms with Gasteiger partial charge in [0.2, 0.25) is 5.95 Å². The summed E-state index contributed by atoms with van der Waals surface area (Å²) in [5.74, 6) is 0.400. The summed E-state index contributed by atoms with van der Waals surface area (Å²) >= 11 is 1.53. The molecule has 22 heavy (non-hydrogen) atoms. The van der Waals surface area contributed by atoms with Crippen LogP contribution >= 0.6 is 11.8 Å². The average Bonchev–Trinajstić information content (AvgIpc) is 2.54. The van der Waals surface area contributed by atoms with Crippen LogP contribution in [0.4, 0.5) is 5.95 Å². The Morgan fingerprint density at radius 2 is 2.14 bits per heavy atom. The fourth-order valence-corrected chi connectivity index (χ4v) is 3.52. The fraction of sp³-hybridized carbons (Fsp3) is 0.250. The molecule has 0 radical (unpaired) electrons. The summed E-state index contributed by atoms with van der Waals surface area (Å²) in [4.78, 5) is 20.5. The number of thioether (sulfide) groups is 1. The number of aromatic nitrogens is 2. The lowest BCUT2D eigenvalue weighted by Crippen LogP contribution is -2.21. The first-order valence-electron chi connectivity index (χ1n) is 7.10. The van der Waals surface area contributed by atoms with Gasteiger partial charge in [0.1, 0.15) is 5.03 Å². The van der Waals surface area contributed by atoms with E-state index in [0.717, 1.165) is 15.5 Å². The van der Waals surface area contributed by atoms with Gasteiger partial charge in [0, 0.05) is 17.9 Å². The van der Waals surface area contributed by atoms with Crippen molar-refractivity contribution in [2.24, 2.45) is 0 Å². The minimum Gasteiger partial charge on any atom is -0.395 e. The SMILES string of the molecule is CC1=C(c2ccccc2)Sc2nc(NCCO)[nH]c(=O)c2C1. The normalized spacial score (nSPS) is 13.9. The molecule has 1 aromatic carbocycles. The predicted molar refractivity (Wildman–Crippen MR) is 89.0 cm³/mol. The lowest BCUT2D eigenvalue weighted by atomic mass is 10.1. The highest BCUT2D eigenvalue weighted by molar-refractivity contribution is 8.08. The van der Waals surface area contributed by atoms with E-state index >= 15 is 0 Å². The molecule has 0 saturated carbocycles. The van der Waals surface area contributed by atoms with Crippen molar-refractivity contribution in [2.45, 2.75) is 18.4 Å². The quantitative estimate of drug-likeness (QED) is 0.754. The number of nitrogens with one attached hydrogen (secondary N) is 2. The van der Waals surface area contributed by atoms with Gasteiger partial charge in [-0.15, -0.1) is 0 Å². The Balaban J connectivity index is 1.97. The fourth-order valence-electron chi connectivity index (χ4n) is 2.40. The zero-order valence-corrected chi connectivity index (χ0v) is 13.0. The number of allylic oxidation sites excluding steroid dienone is 1. The maximum absolute atomic E-state index is 12.2. The molecule has 2 heterocycles. The van der Waals surface area contributed by atoms with Gasteiger partial charge in [-0.2, -0.15) is 0 Å². The summed E-state index contributed by atoms with van der Waals surface area (Å²) in [6, 6.07) is 10.1. The monoisotopic (exact) mass is 315 g/mol. The lowest BCUT2D eigenvalue weighted by Gasteiger charge is -2.20. The molecule has 0 aliphatic carbocycles. The average molecular weight is 315 g/mol. The summed E-state index contributed by atoms with van der Waals surface area (Å²) < 4.78 is 0. The van der Waals surface area contributed by atoms with Crippen molar-refractivity contribution in [2.75, 3.05) is 18.5 Å². The summed E-state index contributed by atoms with van der Waals surface area (Å²) in [5.41, 5.74) is 2.90. The van der Waals surface area contributed by atoms with Gasteiger partial charge in [-0.1, -0.05) is 47.7 Å². The molecule has 1 aromatic heterocycles. The van der Waals surface area contributed by atoms with Crippen LogP contribution in [0.25, 0.3) is 4.91 Å². The van der Waals surface area contributed by atoms with Crippen LogP contribution in [-0.4, -0.2) is 28.2 Å². The van der Waals surface area contributed by atoms with E-state index in [1.807, 2.05) is 18.2 Å². The van der Waals surface area contributed by atoms with Crippen LogP contribution in [0.3, 0.4) is 0 Å². The number of anilines is 1. The highest BCUT2D eigenvalue weighted by Crippen LogP contribution is 2.41. The van der Waals surface area contributed by atoms with Gasteiger partial charge in [0.25, 0.3) is 5.56 Å². The Labute approximate surface area is 132 Å². The Morgan fingerprint density at radius 1 is 1.36 bits per heavy atom. The van der Waals surface area contributed by atoms with Crippen LogP contribution in [0.2, 0.25) is 0 Å². The van der Waals surface area contributed by atoms with Crippen LogP contribution in [0, 0.1) is 0 Å². The van der Waals surface area contributed by atoms with Gasteiger partial charge in [-0.3, -0.25) is 9.78 Å². The molecule has 1 aliphatic heterocycles. The topological polar surface area (TPSA) is 78.0 Å². The third kappa shape index (κ3) is 2.93. The molecule has 114 valence electrons. The predicted octanol–water partition coefficient (Wildman–Crippen LogP) is 2.25. The Morgan fingerprint density at radius 3 is 2.86 bits per heavy atom. The highest BCUT2D eigenvalue weighted by Gasteiger charge is 2.22. The van der Waals surface area contributed by atoms with E-state index in [1.165, 1.54) is 17.3 Å². The van der Waals surface area contributed by atoms with Crippen molar-refractivity contribution in [3.05, 3.63) is 57.4 Å². The smallest absolute Gasteiger partial charge is 0.256 e. The third-order valence-corrected chi connectivity index (χ3v) is 4.77. The van der Waals surface area contributed by atoms with Gasteiger partial charge in [-0.05, 0) is 12.5 Å². The number of nitrogens with zero attached hydrogens (tertiary/aromatic N) is 1. The number of H-pyrrole nitrogens is 1. The van der Waals surface area contributed by atoms with Gasteiger partial charge in [0.05, 0.1) is 12.2 Å². The molecule has 3 N–H and O–H groups in total. The lowest BCUT2D eigenvalue weighted by molar-refractivity contribution is 0.310. The molecule has 0 fully saturated rings. The first-order valence-corrected chi connectivity index (χ1v) is 7.91. The van der Waals surface area contributed by atoms with Crippen molar-refractivity contribution in [3.8, 4) is 0 Å². The van der Waals surface area contributed by atoms with E-state index in [9.17, 15) is 4.79 Å². The number of rotatable bonds is 4. The molecule has 0 amide bonds. The van der Waals surface area contributed by atoms with E-state index < -0.39 is 0 Å². The van der Waals surface area contributed by atoms with Gasteiger partial charge in [-0.25, -0.2) is 4.98 Å². The zero-order valence-electron chi connectivity index (χ0n) is 12.2. The molecule has 1 aliphatic rings. The molecule has 0 saturated heterocycles. The Hall–Kier alpha value is -2.05. The van der Waals surface area contributed by atoms with Crippen molar-refractivity contribution in [1.29, 1.82) is 0 Å². The molecule has 0 spiro atoms. The summed E-state index contributed by atoms with van der Waals surface area (Å²) in [6.45, 7) is 2.39. The largest absolute Gasteiger partial charge is 0.395 e. The van der Waals surface area contributed by atoms with Gasteiger partial charge < -0.3 is 10.4 Å². The molecule has 0 bridgehead atoms. The van der Waals surface area contributed by atoms with E-state index in [1.54, 1.807) is 0 Å². The minimum atomic E-state index is -0.121. The van der Waals surface area contributed by atoms with Gasteiger partial charge >= 0.3 is 0 Å². The number of fused-ring (bicyclic) bond motifs is 1. The Bertz CT molecular complexity index is 769. The van der Waals surface area contributed by atoms with Crippen LogP contribution in [0.1, 0.15) is 18.1 Å². The van der Waals surface area contributed by atoms with Crippen molar-refractivity contribution in [1.82, 2.24) is 9.97 Å². The molecule has 0 unspecified atom stereocenters. The second kappa shape index (κ2) is 6.37.